The summed E-state index contributed by atoms with van der Waals surface area (Å²) in [7, 11) is 0. The molecule has 26 heavy (non-hydrogen) atoms. The zero-order chi connectivity index (χ0) is 18.2. The molecular formula is C18H20N8. The Bertz CT molecular complexity index is 879. The van der Waals surface area contributed by atoms with Gasteiger partial charge < -0.3 is 22.1 Å². The number of rotatable bonds is 7. The van der Waals surface area contributed by atoms with Crippen LogP contribution in [0.3, 0.4) is 0 Å². The Labute approximate surface area is 151 Å². The fraction of sp³-hybridized carbons (Fsp3) is 0.111. The van der Waals surface area contributed by atoms with Crippen LogP contribution in [0.15, 0.2) is 48.7 Å². The average Bonchev–Trinajstić information content (AvgIpc) is 2.64. The van der Waals surface area contributed by atoms with Gasteiger partial charge in [-0.1, -0.05) is 36.4 Å². The zero-order valence-corrected chi connectivity index (χ0v) is 14.1. The highest BCUT2D eigenvalue weighted by atomic mass is 15.1. The van der Waals surface area contributed by atoms with Crippen molar-refractivity contribution in [3.8, 4) is 0 Å². The maximum atomic E-state index is 5.80. The molecule has 0 spiro atoms. The number of benzene rings is 1. The molecule has 6 N–H and O–H groups in total. The topological polar surface area (TPSA) is 128 Å². The first-order chi connectivity index (χ1) is 12.7. The van der Waals surface area contributed by atoms with E-state index < -0.39 is 0 Å². The molecule has 0 aliphatic rings. The average molecular weight is 348 g/mol. The van der Waals surface area contributed by atoms with Gasteiger partial charge in [0.05, 0.1) is 5.69 Å². The summed E-state index contributed by atoms with van der Waals surface area (Å²) >= 11 is 0. The summed E-state index contributed by atoms with van der Waals surface area (Å²) in [5.74, 6) is 1.79. The number of hydrogen-bond donors (Lipinski definition) is 4. The lowest BCUT2D eigenvalue weighted by Gasteiger charge is -2.09. The first kappa shape index (κ1) is 17.2. The quantitative estimate of drug-likeness (QED) is 0.478. The first-order valence-electron chi connectivity index (χ1n) is 8.13. The molecule has 8 nitrogen and oxygen atoms in total. The minimum absolute atomic E-state index is 0.222. The van der Waals surface area contributed by atoms with Crippen LogP contribution in [0.2, 0.25) is 0 Å². The fourth-order valence-electron chi connectivity index (χ4n) is 2.26. The maximum absolute atomic E-state index is 5.80. The van der Waals surface area contributed by atoms with Crippen LogP contribution in [0, 0.1) is 0 Å². The molecule has 0 radical (unpaired) electrons. The molecule has 0 aliphatic carbocycles. The molecule has 3 rings (SSSR count). The first-order valence-corrected chi connectivity index (χ1v) is 8.13. The van der Waals surface area contributed by atoms with E-state index >= 15 is 0 Å². The second-order valence-corrected chi connectivity index (χ2v) is 5.43. The molecule has 0 aliphatic heterocycles. The Kier molecular flexibility index (Phi) is 5.56. The molecule has 0 bridgehead atoms. The summed E-state index contributed by atoms with van der Waals surface area (Å²) in [6.45, 7) is 1.26. The van der Waals surface area contributed by atoms with Crippen LogP contribution >= 0.6 is 0 Å². The van der Waals surface area contributed by atoms with Crippen LogP contribution in [0.25, 0.3) is 12.2 Å². The van der Waals surface area contributed by atoms with Crippen LogP contribution in [-0.4, -0.2) is 33.0 Å². The number of hydrogen-bond acceptors (Lipinski definition) is 8. The number of aromatic nitrogens is 4. The van der Waals surface area contributed by atoms with E-state index in [1.807, 2.05) is 48.6 Å². The van der Waals surface area contributed by atoms with Gasteiger partial charge in [0.1, 0.15) is 11.6 Å². The number of nitrogen functional groups attached to an aromatic ring is 2. The Balaban J connectivity index is 1.56. The van der Waals surface area contributed by atoms with Gasteiger partial charge in [0, 0.05) is 25.4 Å². The molecule has 1 aromatic carbocycles. The second-order valence-electron chi connectivity index (χ2n) is 5.43. The summed E-state index contributed by atoms with van der Waals surface area (Å²) in [6.07, 6.45) is 5.49. The predicted octanol–water partition coefficient (Wildman–Crippen LogP) is 2.13. The Morgan fingerprint density at radius 1 is 0.808 bits per heavy atom. The SMILES string of the molecule is Nc1nccc(NCCNc2cc(C=Cc3ccccc3)nc(N)n2)n1. The van der Waals surface area contributed by atoms with E-state index in [1.54, 1.807) is 12.3 Å². The molecule has 3 aromatic rings. The van der Waals surface area contributed by atoms with E-state index in [4.69, 9.17) is 11.5 Å². The third-order valence-corrected chi connectivity index (χ3v) is 3.42. The van der Waals surface area contributed by atoms with Crippen molar-refractivity contribution < 1.29 is 0 Å². The predicted molar refractivity (Wildman–Crippen MR) is 105 cm³/mol. The molecule has 0 fully saturated rings. The van der Waals surface area contributed by atoms with E-state index in [9.17, 15) is 0 Å². The number of nitrogens with one attached hydrogen (secondary N) is 2. The van der Waals surface area contributed by atoms with Crippen LogP contribution < -0.4 is 22.1 Å². The Morgan fingerprint density at radius 3 is 2.31 bits per heavy atom. The third kappa shape index (κ3) is 5.17. The number of anilines is 4. The molecule has 0 atom stereocenters. The van der Waals surface area contributed by atoms with E-state index in [1.165, 1.54) is 0 Å². The summed E-state index contributed by atoms with van der Waals surface area (Å²) in [5.41, 5.74) is 13.2. The van der Waals surface area contributed by atoms with E-state index in [0.29, 0.717) is 24.7 Å². The van der Waals surface area contributed by atoms with E-state index in [0.717, 1.165) is 11.3 Å². The van der Waals surface area contributed by atoms with Crippen molar-refractivity contribution in [1.82, 2.24) is 19.9 Å². The van der Waals surface area contributed by atoms with Gasteiger partial charge in [0.2, 0.25) is 11.9 Å². The molecule has 0 amide bonds. The van der Waals surface area contributed by atoms with Gasteiger partial charge >= 0.3 is 0 Å². The summed E-state index contributed by atoms with van der Waals surface area (Å²) in [4.78, 5) is 16.3. The molecule has 2 aromatic heterocycles. The minimum Gasteiger partial charge on any atom is -0.368 e. The highest BCUT2D eigenvalue weighted by molar-refractivity contribution is 5.69. The Morgan fingerprint density at radius 2 is 1.54 bits per heavy atom. The lowest BCUT2D eigenvalue weighted by molar-refractivity contribution is 1.03. The van der Waals surface area contributed by atoms with E-state index in [-0.39, 0.29) is 11.9 Å². The monoisotopic (exact) mass is 348 g/mol. The summed E-state index contributed by atoms with van der Waals surface area (Å²) in [6, 6.07) is 13.6. The Hall–Kier alpha value is -3.68. The fourth-order valence-corrected chi connectivity index (χ4v) is 2.26. The van der Waals surface area contributed by atoms with Crippen LogP contribution in [0.1, 0.15) is 11.3 Å². The third-order valence-electron chi connectivity index (χ3n) is 3.42. The number of nitrogens with two attached hydrogens (primary N) is 2. The van der Waals surface area contributed by atoms with Crippen LogP contribution in [0.5, 0.6) is 0 Å². The summed E-state index contributed by atoms with van der Waals surface area (Å²) in [5, 5.41) is 6.36. The van der Waals surface area contributed by atoms with Gasteiger partial charge in [-0.15, -0.1) is 0 Å². The van der Waals surface area contributed by atoms with Crippen LogP contribution in [0.4, 0.5) is 23.5 Å². The number of nitrogens with zero attached hydrogens (tertiary/aromatic N) is 4. The van der Waals surface area contributed by atoms with Crippen molar-refractivity contribution >= 4 is 35.7 Å². The van der Waals surface area contributed by atoms with Crippen molar-refractivity contribution in [2.45, 2.75) is 0 Å². The minimum atomic E-state index is 0.222. The van der Waals surface area contributed by atoms with Gasteiger partial charge in [-0.25, -0.2) is 9.97 Å². The lowest BCUT2D eigenvalue weighted by atomic mass is 10.2. The smallest absolute Gasteiger partial charge is 0.222 e. The largest absolute Gasteiger partial charge is 0.368 e. The van der Waals surface area contributed by atoms with Crippen molar-refractivity contribution in [1.29, 1.82) is 0 Å². The molecule has 132 valence electrons. The van der Waals surface area contributed by atoms with Gasteiger partial charge in [-0.3, -0.25) is 0 Å². The maximum Gasteiger partial charge on any atom is 0.222 e. The molecule has 0 unspecified atom stereocenters. The lowest BCUT2D eigenvalue weighted by Crippen LogP contribution is -2.16. The molecule has 0 saturated carbocycles. The summed E-state index contributed by atoms with van der Waals surface area (Å²) < 4.78 is 0. The van der Waals surface area contributed by atoms with Gasteiger partial charge in [-0.2, -0.15) is 9.97 Å². The highest BCUT2D eigenvalue weighted by Gasteiger charge is 2.01. The van der Waals surface area contributed by atoms with Crippen molar-refractivity contribution in [2.75, 3.05) is 35.2 Å². The van der Waals surface area contributed by atoms with Gasteiger partial charge in [0.25, 0.3) is 0 Å². The molecule has 8 heteroatoms. The normalized spacial score (nSPS) is 10.8. The molecule has 2 heterocycles. The molecule has 0 saturated heterocycles. The van der Waals surface area contributed by atoms with Crippen LogP contribution in [-0.2, 0) is 0 Å². The molecular weight excluding hydrogens is 328 g/mol. The van der Waals surface area contributed by atoms with Gasteiger partial charge in [0.15, 0.2) is 0 Å². The zero-order valence-electron chi connectivity index (χ0n) is 14.1. The van der Waals surface area contributed by atoms with E-state index in [2.05, 4.69) is 30.6 Å². The van der Waals surface area contributed by atoms with Crippen molar-refractivity contribution in [3.63, 3.8) is 0 Å². The van der Waals surface area contributed by atoms with Crippen molar-refractivity contribution in [2.24, 2.45) is 0 Å². The highest BCUT2D eigenvalue weighted by Crippen LogP contribution is 2.12. The van der Waals surface area contributed by atoms with Gasteiger partial charge in [-0.05, 0) is 17.7 Å². The second kappa shape index (κ2) is 8.43. The van der Waals surface area contributed by atoms with Crippen molar-refractivity contribution in [3.05, 3.63) is 59.9 Å². The standard InChI is InChI=1S/C18H20N8/c19-17-23-9-8-15(25-17)21-10-11-22-16-12-14(24-18(20)26-16)7-6-13-4-2-1-3-5-13/h1-9,12H,10-11H2,(H3,19,21,23,25)(H3,20,22,24,26).